The summed E-state index contributed by atoms with van der Waals surface area (Å²) in [5.74, 6) is 0.664. The van der Waals surface area contributed by atoms with Gasteiger partial charge < -0.3 is 24.4 Å². The monoisotopic (exact) mass is 382 g/mol. The maximum Gasteiger partial charge on any atom is 0.243 e. The van der Waals surface area contributed by atoms with E-state index in [1.54, 1.807) is 0 Å². The molecule has 0 spiro atoms. The van der Waals surface area contributed by atoms with Crippen LogP contribution in [0.25, 0.3) is 4.85 Å². The molecule has 0 atom stereocenters. The van der Waals surface area contributed by atoms with Gasteiger partial charge in [0.2, 0.25) is 5.82 Å². The molecule has 2 aromatic rings. The van der Waals surface area contributed by atoms with Crippen molar-refractivity contribution in [1.82, 2.24) is 9.80 Å². The van der Waals surface area contributed by atoms with Crippen molar-refractivity contribution in [3.63, 3.8) is 0 Å². The van der Waals surface area contributed by atoms with Gasteiger partial charge in [-0.25, -0.2) is 0 Å². The van der Waals surface area contributed by atoms with E-state index in [4.69, 9.17) is 6.57 Å². The van der Waals surface area contributed by atoms with Gasteiger partial charge in [0.1, 0.15) is 18.4 Å². The Hall–Kier alpha value is -3.90. The Balaban J connectivity index is 1.33. The van der Waals surface area contributed by atoms with Crippen molar-refractivity contribution in [2.75, 3.05) is 36.2 Å². The first-order valence-electron chi connectivity index (χ1n) is 9.63. The molecule has 2 heterocycles. The lowest BCUT2D eigenvalue weighted by molar-refractivity contribution is 0.324. The standard InChI is InChI=1S/C23H22N6/c1-25-23-17-29(21-11-6-3-7-12-21)19-27(23)14-8-13-26-18-28(16-22(26)15-24)20-9-4-2-5-10-20/h2-7,9-12,16-17H,8,13-14,18-19H2. The Labute approximate surface area is 171 Å². The fourth-order valence-corrected chi connectivity index (χ4v) is 3.63. The molecule has 0 amide bonds. The molecular formula is C23H22N6. The SMILES string of the molecule is [C-]#[N+]C1=CN(c2ccccc2)CN1CCCN1CN(c2ccccc2)C=C1C#N. The molecule has 2 aliphatic rings. The smallest absolute Gasteiger partial charge is 0.243 e. The van der Waals surface area contributed by atoms with Crippen molar-refractivity contribution in [2.45, 2.75) is 6.42 Å². The van der Waals surface area contributed by atoms with Gasteiger partial charge in [0, 0.05) is 36.7 Å². The highest BCUT2D eigenvalue weighted by molar-refractivity contribution is 5.53. The molecule has 6 nitrogen and oxygen atoms in total. The molecule has 0 saturated heterocycles. The van der Waals surface area contributed by atoms with Crippen LogP contribution >= 0.6 is 0 Å². The van der Waals surface area contributed by atoms with Crippen molar-refractivity contribution in [1.29, 1.82) is 5.26 Å². The second kappa shape index (κ2) is 8.41. The highest BCUT2D eigenvalue weighted by atomic mass is 15.4. The quantitative estimate of drug-likeness (QED) is 0.706. The van der Waals surface area contributed by atoms with E-state index in [0.717, 1.165) is 30.9 Å². The fraction of sp³-hybridized carbons (Fsp3) is 0.217. The van der Waals surface area contributed by atoms with E-state index in [-0.39, 0.29) is 0 Å². The summed E-state index contributed by atoms with van der Waals surface area (Å²) in [6.07, 6.45) is 4.69. The molecule has 0 fully saturated rings. The minimum atomic E-state index is 0.664. The second-order valence-corrected chi connectivity index (χ2v) is 7.00. The summed E-state index contributed by atoms with van der Waals surface area (Å²) < 4.78 is 0. The molecule has 0 N–H and O–H groups in total. The summed E-state index contributed by atoms with van der Waals surface area (Å²) in [7, 11) is 0. The van der Waals surface area contributed by atoms with Crippen molar-refractivity contribution < 1.29 is 0 Å². The maximum atomic E-state index is 9.50. The Bertz CT molecular complexity index is 902. The largest absolute Gasteiger partial charge is 0.363 e. The van der Waals surface area contributed by atoms with Crippen molar-refractivity contribution in [3.05, 3.63) is 96.0 Å². The summed E-state index contributed by atoms with van der Waals surface area (Å²) in [6.45, 7) is 10.4. The normalized spacial score (nSPS) is 15.8. The Morgan fingerprint density at radius 1 is 0.828 bits per heavy atom. The van der Waals surface area contributed by atoms with Gasteiger partial charge in [0.25, 0.3) is 0 Å². The van der Waals surface area contributed by atoms with E-state index in [2.05, 4.69) is 30.5 Å². The van der Waals surface area contributed by atoms with Crippen LogP contribution in [0.15, 0.2) is 84.6 Å². The summed E-state index contributed by atoms with van der Waals surface area (Å²) in [5.41, 5.74) is 2.85. The minimum absolute atomic E-state index is 0.664. The molecule has 0 radical (unpaired) electrons. The lowest BCUT2D eigenvalue weighted by Crippen LogP contribution is -2.31. The van der Waals surface area contributed by atoms with Gasteiger partial charge in [-0.3, -0.25) is 0 Å². The molecule has 2 aliphatic heterocycles. The van der Waals surface area contributed by atoms with E-state index in [9.17, 15) is 5.26 Å². The summed E-state index contributed by atoms with van der Waals surface area (Å²) >= 11 is 0. The topological polar surface area (TPSA) is 41.1 Å². The van der Waals surface area contributed by atoms with E-state index in [0.29, 0.717) is 24.9 Å². The number of allylic oxidation sites excluding steroid dienone is 1. The molecular weight excluding hydrogens is 360 g/mol. The molecule has 0 bridgehead atoms. The molecule has 0 unspecified atom stereocenters. The van der Waals surface area contributed by atoms with Crippen molar-refractivity contribution in [2.24, 2.45) is 0 Å². The maximum absolute atomic E-state index is 9.50. The van der Waals surface area contributed by atoms with E-state index in [1.807, 2.05) is 73.1 Å². The van der Waals surface area contributed by atoms with Crippen molar-refractivity contribution >= 4 is 11.4 Å². The first kappa shape index (κ1) is 18.5. The average molecular weight is 382 g/mol. The van der Waals surface area contributed by atoms with Crippen LogP contribution < -0.4 is 9.80 Å². The van der Waals surface area contributed by atoms with E-state index >= 15 is 0 Å². The van der Waals surface area contributed by atoms with Crippen LogP contribution in [0.3, 0.4) is 0 Å². The Morgan fingerprint density at radius 2 is 1.38 bits per heavy atom. The lowest BCUT2D eigenvalue weighted by Gasteiger charge is -2.24. The fourth-order valence-electron chi connectivity index (χ4n) is 3.63. The minimum Gasteiger partial charge on any atom is -0.363 e. The van der Waals surface area contributed by atoms with Gasteiger partial charge in [-0.2, -0.15) is 5.26 Å². The molecule has 0 aliphatic carbocycles. The summed E-state index contributed by atoms with van der Waals surface area (Å²) in [4.78, 5) is 12.1. The molecule has 4 rings (SSSR count). The van der Waals surface area contributed by atoms with Gasteiger partial charge in [0.15, 0.2) is 0 Å². The van der Waals surface area contributed by atoms with Crippen LogP contribution in [0, 0.1) is 17.9 Å². The second-order valence-electron chi connectivity index (χ2n) is 7.00. The highest BCUT2D eigenvalue weighted by Gasteiger charge is 2.25. The molecule has 0 aromatic heterocycles. The number of benzene rings is 2. The summed E-state index contributed by atoms with van der Waals surface area (Å²) in [5, 5.41) is 9.50. The zero-order chi connectivity index (χ0) is 20.1. The number of nitrogens with zero attached hydrogens (tertiary/aromatic N) is 6. The zero-order valence-electron chi connectivity index (χ0n) is 16.1. The van der Waals surface area contributed by atoms with Gasteiger partial charge in [-0.1, -0.05) is 43.0 Å². The average Bonchev–Trinajstić information content (AvgIpc) is 3.39. The number of hydrogen-bond acceptors (Lipinski definition) is 5. The molecule has 144 valence electrons. The Morgan fingerprint density at radius 3 is 1.97 bits per heavy atom. The number of anilines is 2. The third kappa shape index (κ3) is 4.02. The van der Waals surface area contributed by atoms with Crippen LogP contribution in [0.2, 0.25) is 0 Å². The Kier molecular flexibility index (Phi) is 5.36. The number of para-hydroxylation sites is 2. The lowest BCUT2D eigenvalue weighted by atomic mass is 10.3. The van der Waals surface area contributed by atoms with Crippen LogP contribution in [0.4, 0.5) is 11.4 Å². The molecule has 2 aromatic carbocycles. The van der Waals surface area contributed by atoms with Crippen LogP contribution in [-0.4, -0.2) is 36.2 Å². The van der Waals surface area contributed by atoms with Crippen LogP contribution in [0.5, 0.6) is 0 Å². The third-order valence-electron chi connectivity index (χ3n) is 5.12. The summed E-state index contributed by atoms with van der Waals surface area (Å²) in [6, 6.07) is 22.5. The third-order valence-corrected chi connectivity index (χ3v) is 5.12. The van der Waals surface area contributed by atoms with Gasteiger partial charge in [-0.05, 0) is 24.3 Å². The van der Waals surface area contributed by atoms with Crippen molar-refractivity contribution in [3.8, 4) is 6.07 Å². The number of nitriles is 1. The molecule has 6 heteroatoms. The van der Waals surface area contributed by atoms with Crippen LogP contribution in [0.1, 0.15) is 6.42 Å². The highest BCUT2D eigenvalue weighted by Crippen LogP contribution is 2.25. The number of hydrogen-bond donors (Lipinski definition) is 0. The van der Waals surface area contributed by atoms with Gasteiger partial charge in [0.05, 0.1) is 13.2 Å². The van der Waals surface area contributed by atoms with Crippen LogP contribution in [-0.2, 0) is 0 Å². The van der Waals surface area contributed by atoms with Gasteiger partial charge >= 0.3 is 0 Å². The van der Waals surface area contributed by atoms with E-state index < -0.39 is 0 Å². The molecule has 29 heavy (non-hydrogen) atoms. The zero-order valence-corrected chi connectivity index (χ0v) is 16.1. The van der Waals surface area contributed by atoms with Gasteiger partial charge in [-0.15, -0.1) is 0 Å². The first-order valence-corrected chi connectivity index (χ1v) is 9.63. The predicted molar refractivity (Wildman–Crippen MR) is 114 cm³/mol. The molecule has 0 saturated carbocycles. The number of rotatable bonds is 6. The van der Waals surface area contributed by atoms with E-state index in [1.165, 1.54) is 0 Å². The predicted octanol–water partition coefficient (Wildman–Crippen LogP) is 4.02. The first-order chi connectivity index (χ1) is 14.3.